The molecule has 32 heavy (non-hydrogen) atoms. The van der Waals surface area contributed by atoms with Crippen LogP contribution >= 0.6 is 0 Å². The fourth-order valence-corrected chi connectivity index (χ4v) is 3.43. The average molecular weight is 432 g/mol. The van der Waals surface area contributed by atoms with E-state index in [1.54, 1.807) is 53.9 Å². The SMILES string of the molecule is COc1cc(NCc2cccc(B(O)O)c2)nc(-c2c(C)nc3c(C(N)=O)cccn23)n1. The number of primary amides is 1. The molecule has 0 aliphatic carbocycles. The largest absolute Gasteiger partial charge is 0.488 e. The van der Waals surface area contributed by atoms with Gasteiger partial charge in [-0.1, -0.05) is 24.3 Å². The minimum Gasteiger partial charge on any atom is -0.481 e. The summed E-state index contributed by atoms with van der Waals surface area (Å²) in [5.41, 5.74) is 8.68. The van der Waals surface area contributed by atoms with Crippen molar-refractivity contribution in [3.63, 3.8) is 0 Å². The maximum absolute atomic E-state index is 11.8. The van der Waals surface area contributed by atoms with Crippen LogP contribution in [0.4, 0.5) is 5.82 Å². The summed E-state index contributed by atoms with van der Waals surface area (Å²) in [5, 5.41) is 21.9. The van der Waals surface area contributed by atoms with Gasteiger partial charge in [-0.05, 0) is 30.1 Å². The molecular weight excluding hydrogens is 411 g/mol. The van der Waals surface area contributed by atoms with Gasteiger partial charge in [-0.3, -0.25) is 9.20 Å². The highest BCUT2D eigenvalue weighted by molar-refractivity contribution is 6.58. The number of nitrogens with one attached hydrogen (secondary N) is 1. The molecule has 0 saturated carbocycles. The molecule has 1 aromatic carbocycles. The summed E-state index contributed by atoms with van der Waals surface area (Å²) in [6.07, 6.45) is 1.76. The molecule has 0 unspecified atom stereocenters. The number of nitrogens with zero attached hydrogens (tertiary/aromatic N) is 4. The van der Waals surface area contributed by atoms with Crippen molar-refractivity contribution < 1.29 is 19.6 Å². The number of pyridine rings is 1. The van der Waals surface area contributed by atoms with E-state index in [9.17, 15) is 14.8 Å². The van der Waals surface area contributed by atoms with Crippen LogP contribution in [0.1, 0.15) is 21.6 Å². The molecule has 5 N–H and O–H groups in total. The molecular formula is C21H21BN6O4. The van der Waals surface area contributed by atoms with E-state index in [4.69, 9.17) is 10.5 Å². The van der Waals surface area contributed by atoms with Gasteiger partial charge < -0.3 is 25.8 Å². The third-order valence-corrected chi connectivity index (χ3v) is 4.94. The van der Waals surface area contributed by atoms with Crippen molar-refractivity contribution in [3.8, 4) is 17.4 Å². The van der Waals surface area contributed by atoms with Gasteiger partial charge in [-0.15, -0.1) is 0 Å². The van der Waals surface area contributed by atoms with Crippen LogP contribution in [0.3, 0.4) is 0 Å². The summed E-state index contributed by atoms with van der Waals surface area (Å²) >= 11 is 0. The van der Waals surface area contributed by atoms with E-state index in [1.165, 1.54) is 7.11 Å². The summed E-state index contributed by atoms with van der Waals surface area (Å²) in [4.78, 5) is 25.3. The Labute approximate surface area is 183 Å². The van der Waals surface area contributed by atoms with Crippen LogP contribution in [0.25, 0.3) is 17.2 Å². The summed E-state index contributed by atoms with van der Waals surface area (Å²) in [6.45, 7) is 2.19. The summed E-state index contributed by atoms with van der Waals surface area (Å²) in [7, 11) is -0.0294. The number of aryl methyl sites for hydroxylation is 1. The standard InChI is InChI=1S/C21H21BN6O4/c1-12-18(28-8-4-7-15(19(23)29)21(28)25-12)20-26-16(10-17(27-20)32-2)24-11-13-5-3-6-14(9-13)22(30)31/h3-10,30-31H,11H2,1-2H3,(H2,23,29)(H,24,26,27). The molecule has 0 aliphatic rings. The molecule has 0 spiro atoms. The third kappa shape index (κ3) is 4.11. The first kappa shape index (κ1) is 21.3. The fraction of sp³-hybridized carbons (Fsp3) is 0.143. The molecule has 0 aliphatic heterocycles. The number of anilines is 1. The van der Waals surface area contributed by atoms with E-state index >= 15 is 0 Å². The molecule has 4 rings (SSSR count). The van der Waals surface area contributed by atoms with Gasteiger partial charge in [0.1, 0.15) is 17.2 Å². The van der Waals surface area contributed by atoms with E-state index in [-0.39, 0.29) is 0 Å². The first-order valence-corrected chi connectivity index (χ1v) is 9.77. The lowest BCUT2D eigenvalue weighted by Crippen LogP contribution is -2.30. The number of rotatable bonds is 7. The van der Waals surface area contributed by atoms with Gasteiger partial charge in [0.05, 0.1) is 18.4 Å². The first-order chi connectivity index (χ1) is 15.4. The molecule has 0 atom stereocenters. The van der Waals surface area contributed by atoms with Crippen LogP contribution < -0.4 is 21.3 Å². The molecule has 0 fully saturated rings. The highest BCUT2D eigenvalue weighted by atomic mass is 16.5. The molecule has 0 saturated heterocycles. The monoisotopic (exact) mass is 432 g/mol. The predicted octanol–water partition coefficient (Wildman–Crippen LogP) is 0.499. The van der Waals surface area contributed by atoms with Crippen molar-refractivity contribution in [3.05, 3.63) is 65.5 Å². The van der Waals surface area contributed by atoms with E-state index < -0.39 is 13.0 Å². The van der Waals surface area contributed by atoms with Crippen LogP contribution in [0.2, 0.25) is 0 Å². The number of carbonyl (C=O) groups is 1. The number of carbonyl (C=O) groups excluding carboxylic acids is 1. The normalized spacial score (nSPS) is 10.9. The fourth-order valence-electron chi connectivity index (χ4n) is 3.43. The van der Waals surface area contributed by atoms with Crippen molar-refractivity contribution in [2.24, 2.45) is 5.73 Å². The zero-order chi connectivity index (χ0) is 22.8. The Morgan fingerprint density at radius 3 is 2.72 bits per heavy atom. The minimum atomic E-state index is -1.54. The second-order valence-corrected chi connectivity index (χ2v) is 7.12. The van der Waals surface area contributed by atoms with Crippen molar-refractivity contribution in [1.82, 2.24) is 19.4 Å². The van der Waals surface area contributed by atoms with E-state index in [0.717, 1.165) is 5.56 Å². The number of ether oxygens (including phenoxy) is 1. The van der Waals surface area contributed by atoms with Crippen LogP contribution in [0.15, 0.2) is 48.7 Å². The third-order valence-electron chi connectivity index (χ3n) is 4.94. The predicted molar refractivity (Wildman–Crippen MR) is 120 cm³/mol. The zero-order valence-corrected chi connectivity index (χ0v) is 17.5. The maximum Gasteiger partial charge on any atom is 0.488 e. The molecule has 11 heteroatoms. The molecule has 1 amide bonds. The molecule has 0 bridgehead atoms. The van der Waals surface area contributed by atoms with Crippen LogP contribution in [0, 0.1) is 6.92 Å². The van der Waals surface area contributed by atoms with Crippen LogP contribution in [-0.4, -0.2) is 49.5 Å². The topological polar surface area (TPSA) is 148 Å². The van der Waals surface area contributed by atoms with Gasteiger partial charge in [0.2, 0.25) is 5.88 Å². The molecule has 10 nitrogen and oxygen atoms in total. The molecule has 4 aromatic rings. The number of imidazole rings is 1. The average Bonchev–Trinajstić information content (AvgIpc) is 3.13. The van der Waals surface area contributed by atoms with Crippen molar-refractivity contribution in [2.45, 2.75) is 13.5 Å². The molecule has 3 aromatic heterocycles. The minimum absolute atomic E-state index is 0.300. The Morgan fingerprint density at radius 2 is 2.00 bits per heavy atom. The summed E-state index contributed by atoms with van der Waals surface area (Å²) in [6, 6.07) is 11.9. The van der Waals surface area contributed by atoms with E-state index in [2.05, 4.69) is 20.3 Å². The maximum atomic E-state index is 11.8. The number of methoxy groups -OCH3 is 1. The quantitative estimate of drug-likeness (QED) is 0.309. The number of amides is 1. The molecule has 3 heterocycles. The number of hydrogen-bond donors (Lipinski definition) is 4. The van der Waals surface area contributed by atoms with Gasteiger partial charge in [0.15, 0.2) is 5.82 Å². The smallest absolute Gasteiger partial charge is 0.481 e. The second kappa shape index (κ2) is 8.65. The highest BCUT2D eigenvalue weighted by Crippen LogP contribution is 2.26. The second-order valence-electron chi connectivity index (χ2n) is 7.12. The highest BCUT2D eigenvalue weighted by Gasteiger charge is 2.19. The number of benzene rings is 1. The van der Waals surface area contributed by atoms with Gasteiger partial charge in [-0.2, -0.15) is 4.98 Å². The Kier molecular flexibility index (Phi) is 5.76. The number of aromatic nitrogens is 4. The van der Waals surface area contributed by atoms with Crippen molar-refractivity contribution in [2.75, 3.05) is 12.4 Å². The van der Waals surface area contributed by atoms with E-state index in [0.29, 0.717) is 52.1 Å². The van der Waals surface area contributed by atoms with E-state index in [1.807, 2.05) is 6.07 Å². The van der Waals surface area contributed by atoms with Gasteiger partial charge in [-0.25, -0.2) is 9.97 Å². The lowest BCUT2D eigenvalue weighted by Gasteiger charge is -2.11. The lowest BCUT2D eigenvalue weighted by atomic mass is 9.80. The summed E-state index contributed by atoms with van der Waals surface area (Å²) in [5.74, 6) is 0.633. The molecule has 162 valence electrons. The Hall–Kier alpha value is -3.96. The van der Waals surface area contributed by atoms with Gasteiger partial charge in [0, 0.05) is 18.8 Å². The zero-order valence-electron chi connectivity index (χ0n) is 17.5. The Balaban J connectivity index is 1.72. The summed E-state index contributed by atoms with van der Waals surface area (Å²) < 4.78 is 7.07. The first-order valence-electron chi connectivity index (χ1n) is 9.77. The van der Waals surface area contributed by atoms with Gasteiger partial charge >= 0.3 is 7.12 Å². The van der Waals surface area contributed by atoms with Crippen molar-refractivity contribution >= 4 is 30.0 Å². The number of nitrogens with two attached hydrogens (primary N) is 1. The van der Waals surface area contributed by atoms with Gasteiger partial charge in [0.25, 0.3) is 5.91 Å². The Morgan fingerprint density at radius 1 is 1.19 bits per heavy atom. The molecule has 0 radical (unpaired) electrons. The van der Waals surface area contributed by atoms with Crippen molar-refractivity contribution in [1.29, 1.82) is 0 Å². The lowest BCUT2D eigenvalue weighted by molar-refractivity contribution is 0.100. The Bertz CT molecular complexity index is 1310. The number of fused-ring (bicyclic) bond motifs is 1. The van der Waals surface area contributed by atoms with Crippen LogP contribution in [-0.2, 0) is 6.54 Å². The van der Waals surface area contributed by atoms with Crippen LogP contribution in [0.5, 0.6) is 5.88 Å². The number of hydrogen-bond acceptors (Lipinski definition) is 8.